The number of carbonyl (C=O) groups excluding carboxylic acids is 1. The summed E-state index contributed by atoms with van der Waals surface area (Å²) in [7, 11) is 0. The van der Waals surface area contributed by atoms with Crippen molar-refractivity contribution in [1.82, 2.24) is 9.97 Å². The van der Waals surface area contributed by atoms with Crippen LogP contribution in [-0.2, 0) is 4.79 Å². The number of nitrogens with one attached hydrogen (secondary N) is 3. The zero-order chi connectivity index (χ0) is 20.4. The Hall–Kier alpha value is -3.55. The summed E-state index contributed by atoms with van der Waals surface area (Å²) in [6.45, 7) is 3.21. The number of aromatic amines is 1. The first kappa shape index (κ1) is 19.2. The molecule has 144 valence electrons. The number of pyridine rings is 1. The first-order chi connectivity index (χ1) is 13.3. The molecule has 0 aliphatic carbocycles. The topological polar surface area (TPSA) is 108 Å². The van der Waals surface area contributed by atoms with E-state index in [9.17, 15) is 13.6 Å². The van der Waals surface area contributed by atoms with Crippen molar-refractivity contribution in [3.63, 3.8) is 0 Å². The molecule has 0 fully saturated rings. The van der Waals surface area contributed by atoms with Gasteiger partial charge >= 0.3 is 0 Å². The van der Waals surface area contributed by atoms with Gasteiger partial charge in [0.2, 0.25) is 0 Å². The van der Waals surface area contributed by atoms with E-state index in [2.05, 4.69) is 15.3 Å². The van der Waals surface area contributed by atoms with Crippen molar-refractivity contribution in [2.45, 2.75) is 20.3 Å². The molecule has 2 aromatic heterocycles. The van der Waals surface area contributed by atoms with Crippen molar-refractivity contribution in [3.05, 3.63) is 59.4 Å². The number of nitrogens with two attached hydrogens (primary N) is 1. The highest BCUT2D eigenvalue weighted by atomic mass is 19.3. The minimum absolute atomic E-state index is 0.0737. The Balaban J connectivity index is 1.91. The molecule has 0 spiro atoms. The van der Waals surface area contributed by atoms with Crippen molar-refractivity contribution in [3.8, 4) is 11.3 Å². The van der Waals surface area contributed by atoms with Crippen LogP contribution in [0.15, 0.2) is 53.9 Å². The van der Waals surface area contributed by atoms with Crippen molar-refractivity contribution in [1.29, 1.82) is 5.41 Å². The number of aromatic nitrogens is 2. The maximum Gasteiger partial charge on any atom is 0.273 e. The predicted molar refractivity (Wildman–Crippen MR) is 105 cm³/mol. The Morgan fingerprint density at radius 3 is 2.64 bits per heavy atom. The number of hydrogen-bond donors (Lipinski definition) is 4. The van der Waals surface area contributed by atoms with E-state index in [1.165, 1.54) is 12.3 Å². The monoisotopic (exact) mass is 383 g/mol. The van der Waals surface area contributed by atoms with Gasteiger partial charge in [-0.05, 0) is 31.6 Å². The van der Waals surface area contributed by atoms with Crippen LogP contribution >= 0.6 is 0 Å². The highest BCUT2D eigenvalue weighted by molar-refractivity contribution is 6.47. The second-order valence-electron chi connectivity index (χ2n) is 6.37. The molecular weight excluding hydrogens is 364 g/mol. The van der Waals surface area contributed by atoms with Crippen LogP contribution in [0.3, 0.4) is 0 Å². The fourth-order valence-electron chi connectivity index (χ4n) is 2.72. The number of anilines is 1. The number of halogens is 2. The zero-order valence-corrected chi connectivity index (χ0v) is 15.3. The summed E-state index contributed by atoms with van der Waals surface area (Å²) in [4.78, 5) is 19.4. The molecule has 1 aromatic carbocycles. The Morgan fingerprint density at radius 2 is 1.96 bits per heavy atom. The molecule has 0 saturated carbocycles. The summed E-state index contributed by atoms with van der Waals surface area (Å²) in [6.07, 6.45) is -1.17. The van der Waals surface area contributed by atoms with Gasteiger partial charge in [-0.1, -0.05) is 24.3 Å². The molecule has 28 heavy (non-hydrogen) atoms. The van der Waals surface area contributed by atoms with E-state index in [1.807, 2.05) is 0 Å². The first-order valence-corrected chi connectivity index (χ1v) is 8.47. The second-order valence-corrected chi connectivity index (χ2v) is 6.37. The third-order valence-corrected chi connectivity index (χ3v) is 4.41. The van der Waals surface area contributed by atoms with E-state index >= 15 is 0 Å². The maximum absolute atomic E-state index is 13.3. The Morgan fingerprint density at radius 1 is 1.25 bits per heavy atom. The van der Waals surface area contributed by atoms with Crippen molar-refractivity contribution < 1.29 is 13.6 Å². The average Bonchev–Trinajstić information content (AvgIpc) is 3.09. The minimum atomic E-state index is -2.60. The molecule has 8 heteroatoms. The smallest absolute Gasteiger partial charge is 0.273 e. The van der Waals surface area contributed by atoms with Crippen LogP contribution < -0.4 is 11.1 Å². The summed E-state index contributed by atoms with van der Waals surface area (Å²) in [6, 6.07) is 9.60. The van der Waals surface area contributed by atoms with Gasteiger partial charge in [0.25, 0.3) is 12.3 Å². The summed E-state index contributed by atoms with van der Waals surface area (Å²) in [5.41, 5.74) is 7.88. The Labute approximate surface area is 160 Å². The van der Waals surface area contributed by atoms with Crippen LogP contribution in [-0.4, -0.2) is 21.6 Å². The standard InChI is InChI=1S/C20H19F2N5O/c1-10(11(2)23)17(24)20(28)26-13-7-12-8-16(27-19(12)25-9-13)14-5-3-4-6-15(14)18(21)22/h3-9,18,24H,23H2,1-2H3,(H,25,27)(H,26,28)/b11-10-,24-17?. The van der Waals surface area contributed by atoms with Crippen LogP contribution in [0.1, 0.15) is 25.8 Å². The molecule has 0 unspecified atom stereocenters. The lowest BCUT2D eigenvalue weighted by Crippen LogP contribution is -2.24. The number of amides is 1. The van der Waals surface area contributed by atoms with Gasteiger partial charge in [0, 0.05) is 27.9 Å². The Bertz CT molecular complexity index is 1100. The fourth-order valence-corrected chi connectivity index (χ4v) is 2.72. The third kappa shape index (κ3) is 3.75. The van der Waals surface area contributed by atoms with Crippen LogP contribution in [0.5, 0.6) is 0 Å². The lowest BCUT2D eigenvalue weighted by Gasteiger charge is -2.07. The predicted octanol–water partition coefficient (Wildman–Crippen LogP) is 4.38. The van der Waals surface area contributed by atoms with E-state index in [-0.39, 0.29) is 11.3 Å². The van der Waals surface area contributed by atoms with Crippen molar-refractivity contribution in [2.75, 3.05) is 5.32 Å². The number of nitrogens with zero attached hydrogens (tertiary/aromatic N) is 1. The molecule has 0 radical (unpaired) electrons. The SMILES string of the molecule is C/C(N)=C(\C)C(=N)C(=O)Nc1cnc2[nH]c(-c3ccccc3C(F)F)cc2c1. The van der Waals surface area contributed by atoms with Crippen LogP contribution in [0, 0.1) is 5.41 Å². The fraction of sp³-hybridized carbons (Fsp3) is 0.150. The molecule has 3 rings (SSSR count). The van der Waals surface area contributed by atoms with Gasteiger partial charge in [0.15, 0.2) is 0 Å². The maximum atomic E-state index is 13.3. The number of fused-ring (bicyclic) bond motifs is 1. The average molecular weight is 383 g/mol. The molecule has 6 nitrogen and oxygen atoms in total. The quantitative estimate of drug-likeness (QED) is 0.491. The lowest BCUT2D eigenvalue weighted by atomic mass is 10.1. The normalized spacial score (nSPS) is 12.2. The van der Waals surface area contributed by atoms with E-state index in [1.54, 1.807) is 44.2 Å². The molecule has 2 heterocycles. The molecule has 0 aliphatic rings. The van der Waals surface area contributed by atoms with Crippen LogP contribution in [0.4, 0.5) is 14.5 Å². The zero-order valence-electron chi connectivity index (χ0n) is 15.3. The van der Waals surface area contributed by atoms with Gasteiger partial charge in [-0.15, -0.1) is 0 Å². The third-order valence-electron chi connectivity index (χ3n) is 4.41. The molecule has 0 saturated heterocycles. The summed E-state index contributed by atoms with van der Waals surface area (Å²) < 4.78 is 26.5. The number of H-pyrrole nitrogens is 1. The van der Waals surface area contributed by atoms with Gasteiger partial charge in [-0.25, -0.2) is 13.8 Å². The lowest BCUT2D eigenvalue weighted by molar-refractivity contribution is -0.110. The molecule has 0 atom stereocenters. The summed E-state index contributed by atoms with van der Waals surface area (Å²) in [5.74, 6) is -0.609. The molecule has 3 aromatic rings. The minimum Gasteiger partial charge on any atom is -0.402 e. The largest absolute Gasteiger partial charge is 0.402 e. The number of alkyl halides is 2. The van der Waals surface area contributed by atoms with Gasteiger partial charge in [0.1, 0.15) is 11.4 Å². The molecule has 5 N–H and O–H groups in total. The van der Waals surface area contributed by atoms with Gasteiger partial charge < -0.3 is 16.0 Å². The van der Waals surface area contributed by atoms with E-state index in [0.717, 1.165) is 0 Å². The number of carbonyl (C=O) groups is 1. The van der Waals surface area contributed by atoms with E-state index in [0.29, 0.717) is 39.2 Å². The first-order valence-electron chi connectivity index (χ1n) is 8.47. The van der Waals surface area contributed by atoms with Gasteiger partial charge in [-0.2, -0.15) is 0 Å². The summed E-state index contributed by atoms with van der Waals surface area (Å²) in [5, 5.41) is 11.1. The van der Waals surface area contributed by atoms with E-state index in [4.69, 9.17) is 11.1 Å². The van der Waals surface area contributed by atoms with Crippen LogP contribution in [0.25, 0.3) is 22.3 Å². The van der Waals surface area contributed by atoms with E-state index < -0.39 is 12.3 Å². The highest BCUT2D eigenvalue weighted by Crippen LogP contribution is 2.32. The molecule has 0 bridgehead atoms. The highest BCUT2D eigenvalue weighted by Gasteiger charge is 2.16. The number of rotatable bonds is 5. The Kier molecular flexibility index (Phi) is 5.21. The number of allylic oxidation sites excluding steroid dienone is 1. The second kappa shape index (κ2) is 7.59. The van der Waals surface area contributed by atoms with Gasteiger partial charge in [-0.3, -0.25) is 10.2 Å². The molecule has 0 aliphatic heterocycles. The van der Waals surface area contributed by atoms with Crippen LogP contribution in [0.2, 0.25) is 0 Å². The van der Waals surface area contributed by atoms with Crippen molar-refractivity contribution in [2.24, 2.45) is 5.73 Å². The summed E-state index contributed by atoms with van der Waals surface area (Å²) >= 11 is 0. The van der Waals surface area contributed by atoms with Gasteiger partial charge in [0.05, 0.1) is 11.9 Å². The number of benzene rings is 1. The number of hydrogen-bond acceptors (Lipinski definition) is 4. The molecular formula is C20H19F2N5O. The molecule has 1 amide bonds. The van der Waals surface area contributed by atoms with Crippen molar-refractivity contribution >= 4 is 28.3 Å².